The van der Waals surface area contributed by atoms with Crippen molar-refractivity contribution in [3.05, 3.63) is 69.7 Å². The number of aliphatic imine (C=N–C) groups is 1. The minimum Gasteiger partial charge on any atom is -0.489 e. The molecule has 11 nitrogen and oxygen atoms in total. The van der Waals surface area contributed by atoms with E-state index in [0.29, 0.717) is 5.71 Å². The monoisotopic (exact) mass is 407 g/mol. The number of benzene rings is 2. The van der Waals surface area contributed by atoms with Gasteiger partial charge in [0.15, 0.2) is 5.71 Å². The second kappa shape index (κ2) is 8.76. The van der Waals surface area contributed by atoms with Gasteiger partial charge in [-0.2, -0.15) is 14.9 Å². The molecule has 2 aromatic carbocycles. The average molecular weight is 407 g/mol. The third-order valence-electron chi connectivity index (χ3n) is 4.12. The van der Waals surface area contributed by atoms with Crippen molar-refractivity contribution in [1.29, 1.82) is 0 Å². The molecule has 0 aromatic heterocycles. The molecule has 2 aromatic rings. The van der Waals surface area contributed by atoms with E-state index in [2.05, 4.69) is 20.2 Å². The summed E-state index contributed by atoms with van der Waals surface area (Å²) < 4.78 is 5.59. The lowest BCUT2D eigenvalue weighted by molar-refractivity contribution is -0.384. The van der Waals surface area contributed by atoms with Gasteiger partial charge in [0.05, 0.1) is 11.0 Å². The largest absolute Gasteiger partial charge is 0.489 e. The number of nitrogens with zero attached hydrogens (tertiary/aromatic N) is 6. The molecule has 0 saturated heterocycles. The third kappa shape index (κ3) is 4.54. The molecule has 2 amide bonds. The van der Waals surface area contributed by atoms with Crippen LogP contribution in [0.1, 0.15) is 12.5 Å². The lowest BCUT2D eigenvalue weighted by atomic mass is 10.2. The van der Waals surface area contributed by atoms with Crippen LogP contribution in [0.2, 0.25) is 0 Å². The molecular formula is C19H17N7O4. The number of nitro benzene ring substituents is 1. The van der Waals surface area contributed by atoms with Crippen molar-refractivity contribution in [3.8, 4) is 5.75 Å². The minimum absolute atomic E-state index is 0.0120. The maximum atomic E-state index is 12.3. The second-order valence-corrected chi connectivity index (χ2v) is 6.23. The van der Waals surface area contributed by atoms with E-state index in [1.807, 2.05) is 30.3 Å². The van der Waals surface area contributed by atoms with E-state index < -0.39 is 11.0 Å². The second-order valence-electron chi connectivity index (χ2n) is 6.23. The van der Waals surface area contributed by atoms with E-state index in [0.717, 1.165) is 5.56 Å². The predicted molar refractivity (Wildman–Crippen MR) is 110 cm³/mol. The van der Waals surface area contributed by atoms with Gasteiger partial charge in [-0.1, -0.05) is 30.3 Å². The van der Waals surface area contributed by atoms with Crippen LogP contribution in [0.25, 0.3) is 5.53 Å². The van der Waals surface area contributed by atoms with Gasteiger partial charge in [0.1, 0.15) is 18.0 Å². The number of nitro groups is 1. The van der Waals surface area contributed by atoms with Crippen molar-refractivity contribution in [2.45, 2.75) is 13.5 Å². The van der Waals surface area contributed by atoms with Gasteiger partial charge in [-0.3, -0.25) is 10.1 Å². The Morgan fingerprint density at radius 3 is 2.73 bits per heavy atom. The highest BCUT2D eigenvalue weighted by Gasteiger charge is 2.33. The number of amides is 2. The number of hydrogen-bond donors (Lipinski definition) is 1. The SMILES string of the molecule is CC1=NN(C)/C(=N/C(=O)Nc2ccc(OCc3ccccc3)cc2[N+](=O)[O-])C1=[N+]=[N-]. The molecule has 0 bridgehead atoms. The van der Waals surface area contributed by atoms with Crippen molar-refractivity contribution in [1.82, 2.24) is 5.01 Å². The average Bonchev–Trinajstić information content (AvgIpc) is 2.99. The lowest BCUT2D eigenvalue weighted by Gasteiger charge is -2.09. The first-order valence-electron chi connectivity index (χ1n) is 8.75. The van der Waals surface area contributed by atoms with Gasteiger partial charge in [0.25, 0.3) is 5.69 Å². The Kier molecular flexibility index (Phi) is 5.94. The van der Waals surface area contributed by atoms with Gasteiger partial charge in [-0.15, -0.1) is 0 Å². The number of hydrazone groups is 1. The highest BCUT2D eigenvalue weighted by atomic mass is 16.6. The lowest BCUT2D eigenvalue weighted by Crippen LogP contribution is -2.27. The zero-order chi connectivity index (χ0) is 21.7. The van der Waals surface area contributed by atoms with Crippen LogP contribution >= 0.6 is 0 Å². The van der Waals surface area contributed by atoms with Gasteiger partial charge in [-0.05, 0) is 24.6 Å². The zero-order valence-electron chi connectivity index (χ0n) is 16.1. The van der Waals surface area contributed by atoms with Crippen LogP contribution in [0.3, 0.4) is 0 Å². The molecule has 0 radical (unpaired) electrons. The summed E-state index contributed by atoms with van der Waals surface area (Å²) in [4.78, 5) is 30.0. The van der Waals surface area contributed by atoms with Gasteiger partial charge in [0, 0.05) is 7.05 Å². The van der Waals surface area contributed by atoms with Crippen LogP contribution in [0.4, 0.5) is 16.2 Å². The first-order chi connectivity index (χ1) is 14.4. The summed E-state index contributed by atoms with van der Waals surface area (Å²) in [6.45, 7) is 1.83. The summed E-state index contributed by atoms with van der Waals surface area (Å²) in [5.74, 6) is 0.294. The molecule has 1 N–H and O–H groups in total. The number of urea groups is 1. The molecule has 0 atom stereocenters. The van der Waals surface area contributed by atoms with Crippen molar-refractivity contribution < 1.29 is 19.2 Å². The number of carbonyl (C=O) groups excluding carboxylic acids is 1. The smallest absolute Gasteiger partial charge is 0.382 e. The molecular weight excluding hydrogens is 390 g/mol. The Bertz CT molecular complexity index is 1110. The van der Waals surface area contributed by atoms with Crippen molar-refractivity contribution in [3.63, 3.8) is 0 Å². The Labute approximate surface area is 171 Å². The van der Waals surface area contributed by atoms with E-state index in [4.69, 9.17) is 10.3 Å². The molecule has 3 rings (SSSR count). The fourth-order valence-electron chi connectivity index (χ4n) is 2.72. The highest BCUT2D eigenvalue weighted by molar-refractivity contribution is 6.68. The third-order valence-corrected chi connectivity index (χ3v) is 4.12. The minimum atomic E-state index is -0.885. The van der Waals surface area contributed by atoms with Gasteiger partial charge in [-0.25, -0.2) is 9.80 Å². The summed E-state index contributed by atoms with van der Waals surface area (Å²) >= 11 is 0. The van der Waals surface area contributed by atoms with Gasteiger partial charge < -0.3 is 15.6 Å². The van der Waals surface area contributed by atoms with Crippen LogP contribution < -0.4 is 10.1 Å². The van der Waals surface area contributed by atoms with Crippen molar-refractivity contribution in [2.24, 2.45) is 10.1 Å². The highest BCUT2D eigenvalue weighted by Crippen LogP contribution is 2.29. The van der Waals surface area contributed by atoms with E-state index in [1.165, 1.54) is 30.3 Å². The number of ether oxygens (including phenoxy) is 1. The summed E-state index contributed by atoms with van der Waals surface area (Å²) in [6.07, 6.45) is 0. The van der Waals surface area contributed by atoms with Crippen LogP contribution in [-0.2, 0) is 6.61 Å². The maximum Gasteiger partial charge on any atom is 0.382 e. The first kappa shape index (κ1) is 20.4. The Hall–Kier alpha value is -4.37. The molecule has 0 saturated carbocycles. The molecule has 1 aliphatic rings. The van der Waals surface area contributed by atoms with E-state index >= 15 is 0 Å². The number of carbonyl (C=O) groups is 1. The zero-order valence-corrected chi connectivity index (χ0v) is 16.1. The van der Waals surface area contributed by atoms with E-state index in [1.54, 1.807) is 6.92 Å². The fraction of sp³-hybridized carbons (Fsp3) is 0.158. The Morgan fingerprint density at radius 1 is 1.33 bits per heavy atom. The fourth-order valence-corrected chi connectivity index (χ4v) is 2.72. The number of hydrogen-bond acceptors (Lipinski definition) is 5. The van der Waals surface area contributed by atoms with Crippen molar-refractivity contribution >= 4 is 34.7 Å². The van der Waals surface area contributed by atoms with Crippen LogP contribution in [0, 0.1) is 10.1 Å². The first-order valence-corrected chi connectivity index (χ1v) is 8.75. The molecule has 0 fully saturated rings. The van der Waals surface area contributed by atoms with E-state index in [9.17, 15) is 14.9 Å². The van der Waals surface area contributed by atoms with Crippen molar-refractivity contribution in [2.75, 3.05) is 12.4 Å². The quantitative estimate of drug-likeness (QED) is 0.350. The maximum absolute atomic E-state index is 12.3. The Morgan fingerprint density at radius 2 is 2.07 bits per heavy atom. The molecule has 0 unspecified atom stereocenters. The molecule has 11 heteroatoms. The molecule has 1 heterocycles. The topological polar surface area (TPSA) is 146 Å². The summed E-state index contributed by atoms with van der Waals surface area (Å²) in [7, 11) is 1.52. The summed E-state index contributed by atoms with van der Waals surface area (Å²) in [6, 6.07) is 12.6. The molecule has 30 heavy (non-hydrogen) atoms. The van der Waals surface area contributed by atoms with Gasteiger partial charge >= 0.3 is 11.7 Å². The predicted octanol–water partition coefficient (Wildman–Crippen LogP) is 3.10. The van der Waals surface area contributed by atoms with Crippen LogP contribution in [0.5, 0.6) is 5.75 Å². The van der Waals surface area contributed by atoms with Crippen LogP contribution in [0.15, 0.2) is 58.6 Å². The standard InChI is InChI=1S/C19H17N7O4/c1-12-17(23-20)18(25(2)24-12)22-19(27)21-15-9-8-14(10-16(15)26(28)29)30-11-13-6-4-3-5-7-13/h3-10H,11H2,1-2H3,(H,21,27)/b22-18+. The van der Waals surface area contributed by atoms with E-state index in [-0.39, 0.29) is 35.3 Å². The number of rotatable bonds is 5. The summed E-state index contributed by atoms with van der Waals surface area (Å²) in [5, 5.41) is 19.1. The molecule has 152 valence electrons. The molecule has 1 aliphatic heterocycles. The number of nitrogens with one attached hydrogen (secondary N) is 1. The van der Waals surface area contributed by atoms with Crippen LogP contribution in [-0.4, -0.2) is 45.1 Å². The molecule has 0 spiro atoms. The normalized spacial score (nSPS) is 14.3. The molecule has 0 aliphatic carbocycles. The number of amidine groups is 1. The van der Waals surface area contributed by atoms with Gasteiger partial charge in [0.2, 0.25) is 5.84 Å². The Balaban J connectivity index is 1.77. The number of anilines is 1. The summed E-state index contributed by atoms with van der Waals surface area (Å²) in [5.41, 5.74) is 9.99.